The molecule has 12 rings (SSSR count). The van der Waals surface area contributed by atoms with Crippen molar-refractivity contribution in [2.75, 3.05) is 0 Å². The Kier molecular flexibility index (Phi) is 8.96. The highest BCUT2D eigenvalue weighted by Crippen LogP contribution is 2.62. The highest BCUT2D eigenvalue weighted by atomic mass is 15.3. The van der Waals surface area contributed by atoms with Gasteiger partial charge in [-0.3, -0.25) is 5.32 Å². The summed E-state index contributed by atoms with van der Waals surface area (Å²) in [7, 11) is 0. The lowest BCUT2D eigenvalue weighted by Crippen LogP contribution is -2.44. The summed E-state index contributed by atoms with van der Waals surface area (Å²) in [5.41, 5.74) is 20.7. The molecule has 1 aliphatic heterocycles. The average molecular weight is 822 g/mol. The lowest BCUT2D eigenvalue weighted by Gasteiger charge is -2.46. The van der Waals surface area contributed by atoms with E-state index in [1.54, 1.807) is 0 Å². The van der Waals surface area contributed by atoms with Crippen molar-refractivity contribution in [3.63, 3.8) is 0 Å². The Morgan fingerprint density at radius 3 is 1.47 bits per heavy atom. The van der Waals surface area contributed by atoms with Crippen molar-refractivity contribution in [1.29, 1.82) is 0 Å². The fourth-order valence-electron chi connectivity index (χ4n) is 10.9. The van der Waals surface area contributed by atoms with Crippen molar-refractivity contribution < 1.29 is 0 Å². The summed E-state index contributed by atoms with van der Waals surface area (Å²) in [5, 5.41) is 7.66. The van der Waals surface area contributed by atoms with Gasteiger partial charge in [-0.05, 0) is 101 Å². The van der Waals surface area contributed by atoms with E-state index >= 15 is 0 Å². The zero-order chi connectivity index (χ0) is 42.8. The molecule has 64 heavy (non-hydrogen) atoms. The highest BCUT2D eigenvalue weighted by molar-refractivity contribution is 6.00. The molecule has 2 atom stereocenters. The first-order valence-electron chi connectivity index (χ1n) is 22.4. The molecule has 2 aliphatic carbocycles. The van der Waals surface area contributed by atoms with Crippen LogP contribution < -0.4 is 10.6 Å². The summed E-state index contributed by atoms with van der Waals surface area (Å²) >= 11 is 0. The van der Waals surface area contributed by atoms with Gasteiger partial charge in [-0.2, -0.15) is 0 Å². The minimum atomic E-state index is -0.410. The molecule has 3 aliphatic rings. The molecule has 3 heteroatoms. The molecule has 1 heterocycles. The average Bonchev–Trinajstić information content (AvgIpc) is 3.66. The minimum Gasteiger partial charge on any atom is -0.350 e. The Balaban J connectivity index is 0.943. The quantitative estimate of drug-likeness (QED) is 0.175. The van der Waals surface area contributed by atoms with Gasteiger partial charge in [-0.25, -0.2) is 4.99 Å². The van der Waals surface area contributed by atoms with Crippen LogP contribution in [0.25, 0.3) is 44.5 Å². The van der Waals surface area contributed by atoms with Crippen molar-refractivity contribution in [3.05, 3.63) is 275 Å². The van der Waals surface area contributed by atoms with Crippen LogP contribution in [-0.4, -0.2) is 5.84 Å². The standard InChI is InChI=1S/C61H47N3/c1-60(2)53-24-11-13-26-55(53)61(56-27-14-12-25-54(56)60)51-23-10-9-22-49(51)50-39-47(36-37-52(50)61)46-20-15-21-48(38-46)59-63-57(44-32-28-42(29-33-44)40-16-5-3-6-17-40)62-58(64-59)45-34-30-43(31-35-45)41-18-7-4-8-19-41/h3-39,57,59,63H,1-2H3,(H,62,64). The molecular formula is C61H47N3. The molecule has 0 amide bonds. The predicted molar refractivity (Wildman–Crippen MR) is 263 cm³/mol. The number of hydrogen-bond acceptors (Lipinski definition) is 3. The lowest BCUT2D eigenvalue weighted by molar-refractivity contribution is 0.409. The number of fused-ring (bicyclic) bond motifs is 9. The Morgan fingerprint density at radius 2 is 0.828 bits per heavy atom. The first kappa shape index (κ1) is 38.1. The molecule has 1 spiro atoms. The van der Waals surface area contributed by atoms with Gasteiger partial charge in [0.05, 0.1) is 5.41 Å². The van der Waals surface area contributed by atoms with Crippen LogP contribution in [0.15, 0.2) is 229 Å². The van der Waals surface area contributed by atoms with Crippen LogP contribution in [0.5, 0.6) is 0 Å². The van der Waals surface area contributed by atoms with E-state index in [2.05, 4.69) is 249 Å². The Labute approximate surface area is 375 Å². The fraction of sp³-hybridized carbons (Fsp3) is 0.0984. The second kappa shape index (κ2) is 15.0. The summed E-state index contributed by atoms with van der Waals surface area (Å²) in [4.78, 5) is 5.39. The molecule has 3 nitrogen and oxygen atoms in total. The van der Waals surface area contributed by atoms with E-state index in [1.165, 1.54) is 72.3 Å². The van der Waals surface area contributed by atoms with E-state index in [9.17, 15) is 0 Å². The summed E-state index contributed by atoms with van der Waals surface area (Å²) in [6, 6.07) is 82.2. The maximum atomic E-state index is 5.39. The number of aliphatic imine (C=N–C) groups is 1. The third-order valence-electron chi connectivity index (χ3n) is 14.1. The van der Waals surface area contributed by atoms with Crippen LogP contribution in [-0.2, 0) is 10.8 Å². The lowest BCUT2D eigenvalue weighted by atomic mass is 9.55. The maximum Gasteiger partial charge on any atom is 0.131 e. The molecule has 9 aromatic carbocycles. The van der Waals surface area contributed by atoms with Crippen LogP contribution >= 0.6 is 0 Å². The Hall–Kier alpha value is -7.59. The molecule has 0 aromatic heterocycles. The fourth-order valence-corrected chi connectivity index (χ4v) is 10.9. The van der Waals surface area contributed by atoms with Gasteiger partial charge in [0.15, 0.2) is 0 Å². The zero-order valence-electron chi connectivity index (χ0n) is 36.0. The van der Waals surface area contributed by atoms with Crippen molar-refractivity contribution in [2.45, 2.75) is 37.0 Å². The number of amidine groups is 1. The Bertz CT molecular complexity index is 3190. The second-order valence-corrected chi connectivity index (χ2v) is 18.0. The molecule has 0 saturated heterocycles. The zero-order valence-corrected chi connectivity index (χ0v) is 36.0. The van der Waals surface area contributed by atoms with E-state index in [-0.39, 0.29) is 17.7 Å². The Morgan fingerprint density at radius 1 is 0.359 bits per heavy atom. The van der Waals surface area contributed by atoms with Crippen LogP contribution in [0.2, 0.25) is 0 Å². The van der Waals surface area contributed by atoms with Gasteiger partial charge >= 0.3 is 0 Å². The van der Waals surface area contributed by atoms with E-state index in [4.69, 9.17) is 4.99 Å². The van der Waals surface area contributed by atoms with Crippen molar-refractivity contribution in [2.24, 2.45) is 4.99 Å². The molecule has 2 N–H and O–H groups in total. The summed E-state index contributed by atoms with van der Waals surface area (Å²) in [6.45, 7) is 4.76. The largest absolute Gasteiger partial charge is 0.350 e. The van der Waals surface area contributed by atoms with E-state index < -0.39 is 5.41 Å². The normalized spacial score (nSPS) is 17.3. The number of nitrogens with zero attached hydrogens (tertiary/aromatic N) is 1. The van der Waals surface area contributed by atoms with Crippen LogP contribution in [0.1, 0.15) is 76.3 Å². The minimum absolute atomic E-state index is 0.127. The van der Waals surface area contributed by atoms with Crippen LogP contribution in [0.4, 0.5) is 0 Å². The van der Waals surface area contributed by atoms with Gasteiger partial charge in [-0.1, -0.05) is 226 Å². The number of hydrogen-bond donors (Lipinski definition) is 2. The second-order valence-electron chi connectivity index (χ2n) is 18.0. The molecule has 0 fully saturated rings. The number of nitrogens with one attached hydrogen (secondary N) is 2. The molecule has 306 valence electrons. The van der Waals surface area contributed by atoms with E-state index in [0.29, 0.717) is 0 Å². The predicted octanol–water partition coefficient (Wildman–Crippen LogP) is 14.0. The van der Waals surface area contributed by atoms with Crippen molar-refractivity contribution in [3.8, 4) is 44.5 Å². The third kappa shape index (κ3) is 6.03. The summed E-state index contributed by atoms with van der Waals surface area (Å²) < 4.78 is 0. The van der Waals surface area contributed by atoms with Gasteiger partial charge in [-0.15, -0.1) is 0 Å². The molecule has 9 aromatic rings. The SMILES string of the molecule is CC1(C)c2ccccc2C2(c3ccccc3-c3cc(-c4cccc(C5N=C(c6ccc(-c7ccccc7)cc6)NC(c6ccc(-c7ccccc7)cc6)N5)c4)ccc32)c2ccccc21. The van der Waals surface area contributed by atoms with Gasteiger partial charge in [0.2, 0.25) is 0 Å². The monoisotopic (exact) mass is 821 g/mol. The first-order chi connectivity index (χ1) is 31.5. The van der Waals surface area contributed by atoms with Gasteiger partial charge < -0.3 is 5.32 Å². The smallest absolute Gasteiger partial charge is 0.131 e. The third-order valence-corrected chi connectivity index (χ3v) is 14.1. The van der Waals surface area contributed by atoms with E-state index in [1.807, 2.05) is 0 Å². The van der Waals surface area contributed by atoms with Gasteiger partial charge in [0, 0.05) is 11.0 Å². The highest BCUT2D eigenvalue weighted by Gasteiger charge is 2.53. The van der Waals surface area contributed by atoms with E-state index in [0.717, 1.165) is 28.1 Å². The van der Waals surface area contributed by atoms with Crippen LogP contribution in [0.3, 0.4) is 0 Å². The van der Waals surface area contributed by atoms with Crippen LogP contribution in [0, 0.1) is 0 Å². The van der Waals surface area contributed by atoms with Crippen molar-refractivity contribution >= 4 is 5.84 Å². The topological polar surface area (TPSA) is 36.4 Å². The summed E-state index contributed by atoms with van der Waals surface area (Å²) in [5.74, 6) is 0.863. The van der Waals surface area contributed by atoms with Gasteiger partial charge in [0.1, 0.15) is 18.2 Å². The first-order valence-corrected chi connectivity index (χ1v) is 22.4. The molecular weight excluding hydrogens is 775 g/mol. The van der Waals surface area contributed by atoms with Gasteiger partial charge in [0.25, 0.3) is 0 Å². The van der Waals surface area contributed by atoms with Crippen molar-refractivity contribution in [1.82, 2.24) is 10.6 Å². The molecule has 0 bridgehead atoms. The molecule has 0 saturated carbocycles. The molecule has 2 unspecified atom stereocenters. The maximum absolute atomic E-state index is 5.39. The summed E-state index contributed by atoms with van der Waals surface area (Å²) in [6.07, 6.45) is -0.459. The number of rotatable bonds is 6. The molecule has 0 radical (unpaired) electrons. The number of benzene rings is 9.